The molecule has 2 unspecified atom stereocenters. The zero-order valence-corrected chi connectivity index (χ0v) is 11.1. The van der Waals surface area contributed by atoms with Crippen LogP contribution in [0, 0.1) is 5.92 Å². The van der Waals surface area contributed by atoms with Gasteiger partial charge in [0.05, 0.1) is 6.54 Å². The van der Waals surface area contributed by atoms with E-state index >= 15 is 0 Å². The summed E-state index contributed by atoms with van der Waals surface area (Å²) in [6.45, 7) is 5.51. The van der Waals surface area contributed by atoms with E-state index in [2.05, 4.69) is 16.9 Å². The highest BCUT2D eigenvalue weighted by Crippen LogP contribution is 2.13. The van der Waals surface area contributed by atoms with E-state index in [0.717, 1.165) is 19.6 Å². The zero-order valence-electron chi connectivity index (χ0n) is 11.1. The molecular formula is C13H19N5O. The maximum Gasteiger partial charge on any atom is 0.350 e. The second-order valence-electron chi connectivity index (χ2n) is 5.34. The van der Waals surface area contributed by atoms with Crippen LogP contribution >= 0.6 is 0 Å². The molecule has 3 heterocycles. The molecule has 2 N–H and O–H groups in total. The summed E-state index contributed by atoms with van der Waals surface area (Å²) in [7, 11) is 0. The van der Waals surface area contributed by atoms with Crippen molar-refractivity contribution >= 4 is 5.65 Å². The molecule has 0 aliphatic carbocycles. The predicted molar refractivity (Wildman–Crippen MR) is 73.0 cm³/mol. The van der Waals surface area contributed by atoms with Crippen LogP contribution in [0.5, 0.6) is 0 Å². The van der Waals surface area contributed by atoms with Crippen molar-refractivity contribution in [2.45, 2.75) is 19.5 Å². The number of rotatable bonds is 3. The normalized spacial score (nSPS) is 24.3. The van der Waals surface area contributed by atoms with Gasteiger partial charge < -0.3 is 5.73 Å². The number of fused-ring (bicyclic) bond motifs is 1. The molecule has 6 heteroatoms. The standard InChI is InChI=1S/C13H19N5O/c1-10-8-16(9-11(10)14)6-7-18-13(19)17-5-3-2-4-12(17)15-18/h2-5,10-11H,6-9,14H2,1H3. The number of nitrogens with zero attached hydrogens (tertiary/aromatic N) is 4. The Kier molecular flexibility index (Phi) is 3.12. The van der Waals surface area contributed by atoms with Crippen molar-refractivity contribution in [2.75, 3.05) is 19.6 Å². The summed E-state index contributed by atoms with van der Waals surface area (Å²) in [5.41, 5.74) is 6.62. The lowest BCUT2D eigenvalue weighted by Gasteiger charge is -2.14. The van der Waals surface area contributed by atoms with Crippen molar-refractivity contribution in [1.29, 1.82) is 0 Å². The number of hydrogen-bond acceptors (Lipinski definition) is 4. The van der Waals surface area contributed by atoms with Crippen molar-refractivity contribution in [3.05, 3.63) is 34.9 Å². The van der Waals surface area contributed by atoms with Gasteiger partial charge in [0.2, 0.25) is 0 Å². The molecule has 2 atom stereocenters. The zero-order chi connectivity index (χ0) is 13.4. The Morgan fingerprint density at radius 1 is 1.37 bits per heavy atom. The monoisotopic (exact) mass is 261 g/mol. The SMILES string of the molecule is CC1CN(CCn2nc3ccccn3c2=O)CC1N. The van der Waals surface area contributed by atoms with E-state index in [-0.39, 0.29) is 11.7 Å². The fourth-order valence-electron chi connectivity index (χ4n) is 2.63. The summed E-state index contributed by atoms with van der Waals surface area (Å²) in [5.74, 6) is 0.526. The molecule has 1 fully saturated rings. The number of likely N-dealkylation sites (tertiary alicyclic amines) is 1. The van der Waals surface area contributed by atoms with Gasteiger partial charge in [0.1, 0.15) is 0 Å². The fourth-order valence-corrected chi connectivity index (χ4v) is 2.63. The lowest BCUT2D eigenvalue weighted by molar-refractivity contribution is 0.303. The molecule has 1 aliphatic rings. The van der Waals surface area contributed by atoms with E-state index < -0.39 is 0 Å². The second kappa shape index (κ2) is 4.79. The molecule has 0 saturated carbocycles. The quantitative estimate of drug-likeness (QED) is 0.829. The molecule has 2 aromatic rings. The van der Waals surface area contributed by atoms with Crippen LogP contribution in [-0.2, 0) is 6.54 Å². The molecule has 102 valence electrons. The van der Waals surface area contributed by atoms with Crippen LogP contribution in [0.2, 0.25) is 0 Å². The van der Waals surface area contributed by atoms with Crippen LogP contribution in [0.15, 0.2) is 29.2 Å². The minimum Gasteiger partial charge on any atom is -0.326 e. The first kappa shape index (κ1) is 12.4. The number of aromatic nitrogens is 3. The second-order valence-corrected chi connectivity index (χ2v) is 5.34. The van der Waals surface area contributed by atoms with Gasteiger partial charge in [0, 0.05) is 31.9 Å². The molecule has 0 amide bonds. The predicted octanol–water partition coefficient (Wildman–Crippen LogP) is -0.225. The van der Waals surface area contributed by atoms with Crippen molar-refractivity contribution in [1.82, 2.24) is 19.1 Å². The first-order valence-corrected chi connectivity index (χ1v) is 6.67. The summed E-state index contributed by atoms with van der Waals surface area (Å²) in [6.07, 6.45) is 1.75. The maximum absolute atomic E-state index is 12.1. The highest BCUT2D eigenvalue weighted by Gasteiger charge is 2.26. The summed E-state index contributed by atoms with van der Waals surface area (Å²) >= 11 is 0. The highest BCUT2D eigenvalue weighted by molar-refractivity contribution is 5.35. The van der Waals surface area contributed by atoms with Crippen LogP contribution in [0.3, 0.4) is 0 Å². The third-order valence-electron chi connectivity index (χ3n) is 3.86. The van der Waals surface area contributed by atoms with Gasteiger partial charge in [-0.15, -0.1) is 5.10 Å². The number of hydrogen-bond donors (Lipinski definition) is 1. The van der Waals surface area contributed by atoms with Gasteiger partial charge in [0.25, 0.3) is 0 Å². The Morgan fingerprint density at radius 2 is 2.21 bits per heavy atom. The van der Waals surface area contributed by atoms with E-state index in [4.69, 9.17) is 5.73 Å². The molecule has 1 saturated heterocycles. The Balaban J connectivity index is 1.72. The third kappa shape index (κ3) is 2.29. The Morgan fingerprint density at radius 3 is 2.89 bits per heavy atom. The molecule has 6 nitrogen and oxygen atoms in total. The Hall–Kier alpha value is -1.66. The average molecular weight is 261 g/mol. The van der Waals surface area contributed by atoms with Crippen LogP contribution in [0.25, 0.3) is 5.65 Å². The Labute approximate surface area is 111 Å². The van der Waals surface area contributed by atoms with Crippen LogP contribution < -0.4 is 11.4 Å². The lowest BCUT2D eigenvalue weighted by atomic mass is 10.1. The van der Waals surface area contributed by atoms with Gasteiger partial charge >= 0.3 is 5.69 Å². The molecule has 1 aliphatic heterocycles. The topological polar surface area (TPSA) is 68.6 Å². The third-order valence-corrected chi connectivity index (χ3v) is 3.86. The van der Waals surface area contributed by atoms with Gasteiger partial charge in [0.15, 0.2) is 5.65 Å². The molecule has 0 bridgehead atoms. The molecule has 2 aromatic heterocycles. The molecule has 0 radical (unpaired) electrons. The summed E-state index contributed by atoms with van der Waals surface area (Å²) in [5, 5.41) is 4.32. The Bertz CT molecular complexity index is 621. The molecule has 0 spiro atoms. The van der Waals surface area contributed by atoms with Crippen molar-refractivity contribution in [3.8, 4) is 0 Å². The van der Waals surface area contributed by atoms with E-state index in [1.54, 1.807) is 10.6 Å². The van der Waals surface area contributed by atoms with Crippen LogP contribution in [0.1, 0.15) is 6.92 Å². The molecule has 19 heavy (non-hydrogen) atoms. The first-order valence-electron chi connectivity index (χ1n) is 6.67. The van der Waals surface area contributed by atoms with Crippen LogP contribution in [0.4, 0.5) is 0 Å². The van der Waals surface area contributed by atoms with E-state index in [1.165, 1.54) is 4.68 Å². The van der Waals surface area contributed by atoms with Crippen molar-refractivity contribution < 1.29 is 0 Å². The highest BCUT2D eigenvalue weighted by atomic mass is 16.2. The van der Waals surface area contributed by atoms with Crippen molar-refractivity contribution in [3.63, 3.8) is 0 Å². The van der Waals surface area contributed by atoms with Gasteiger partial charge in [-0.25, -0.2) is 9.48 Å². The van der Waals surface area contributed by atoms with E-state index in [1.807, 2.05) is 18.2 Å². The average Bonchev–Trinajstić information content (AvgIpc) is 2.89. The van der Waals surface area contributed by atoms with Gasteiger partial charge in [-0.2, -0.15) is 0 Å². The summed E-state index contributed by atoms with van der Waals surface area (Å²) in [6, 6.07) is 5.80. The number of pyridine rings is 1. The maximum atomic E-state index is 12.1. The largest absolute Gasteiger partial charge is 0.350 e. The van der Waals surface area contributed by atoms with Gasteiger partial charge in [-0.1, -0.05) is 13.0 Å². The summed E-state index contributed by atoms with van der Waals surface area (Å²) in [4.78, 5) is 14.4. The van der Waals surface area contributed by atoms with E-state index in [9.17, 15) is 4.79 Å². The molecule has 3 rings (SSSR count). The number of nitrogens with two attached hydrogens (primary N) is 1. The van der Waals surface area contributed by atoms with E-state index in [0.29, 0.717) is 18.1 Å². The first-order chi connectivity index (χ1) is 9.15. The fraction of sp³-hybridized carbons (Fsp3) is 0.538. The lowest BCUT2D eigenvalue weighted by Crippen LogP contribution is -2.32. The van der Waals surface area contributed by atoms with Gasteiger partial charge in [-0.05, 0) is 18.1 Å². The minimum absolute atomic E-state index is 0.0767. The van der Waals surface area contributed by atoms with Crippen LogP contribution in [-0.4, -0.2) is 44.8 Å². The summed E-state index contributed by atoms with van der Waals surface area (Å²) < 4.78 is 3.10. The van der Waals surface area contributed by atoms with Crippen molar-refractivity contribution in [2.24, 2.45) is 11.7 Å². The van der Waals surface area contributed by atoms with Gasteiger partial charge in [-0.3, -0.25) is 9.30 Å². The minimum atomic E-state index is -0.0767. The molecular weight excluding hydrogens is 242 g/mol. The smallest absolute Gasteiger partial charge is 0.326 e. The molecule has 0 aromatic carbocycles.